The van der Waals surface area contributed by atoms with E-state index in [-0.39, 0.29) is 24.3 Å². The SMILES string of the molecule is COc1ccc(NC2=C(c3ccc(Cl)cc3)C(=O)N(CCCOC(C)C)C2=O)cc1Cl. The summed E-state index contributed by atoms with van der Waals surface area (Å²) in [6, 6.07) is 11.9. The van der Waals surface area contributed by atoms with Crippen LogP contribution in [0.25, 0.3) is 5.57 Å². The van der Waals surface area contributed by atoms with Gasteiger partial charge < -0.3 is 14.8 Å². The van der Waals surface area contributed by atoms with Crippen LogP contribution < -0.4 is 10.1 Å². The molecule has 0 radical (unpaired) electrons. The second-order valence-electron chi connectivity index (χ2n) is 7.27. The van der Waals surface area contributed by atoms with Crippen molar-refractivity contribution in [1.29, 1.82) is 0 Å². The number of benzene rings is 2. The van der Waals surface area contributed by atoms with E-state index in [2.05, 4.69) is 5.32 Å². The van der Waals surface area contributed by atoms with E-state index >= 15 is 0 Å². The lowest BCUT2D eigenvalue weighted by molar-refractivity contribution is -0.137. The van der Waals surface area contributed by atoms with Gasteiger partial charge in [0.15, 0.2) is 0 Å². The van der Waals surface area contributed by atoms with Gasteiger partial charge in [0.25, 0.3) is 11.8 Å². The smallest absolute Gasteiger partial charge is 0.278 e. The Morgan fingerprint density at radius 3 is 2.35 bits per heavy atom. The van der Waals surface area contributed by atoms with Gasteiger partial charge in [0.1, 0.15) is 11.4 Å². The first-order valence-electron chi connectivity index (χ1n) is 9.90. The lowest BCUT2D eigenvalue weighted by Gasteiger charge is -2.16. The number of methoxy groups -OCH3 is 1. The lowest BCUT2D eigenvalue weighted by atomic mass is 10.0. The van der Waals surface area contributed by atoms with Crippen molar-refractivity contribution in [3.8, 4) is 5.75 Å². The van der Waals surface area contributed by atoms with Gasteiger partial charge in [-0.05, 0) is 56.2 Å². The predicted molar refractivity (Wildman–Crippen MR) is 122 cm³/mol. The third-order valence-corrected chi connectivity index (χ3v) is 5.25. The summed E-state index contributed by atoms with van der Waals surface area (Å²) in [5.41, 5.74) is 1.65. The van der Waals surface area contributed by atoms with Crippen molar-refractivity contribution in [3.63, 3.8) is 0 Å². The maximum absolute atomic E-state index is 13.2. The minimum atomic E-state index is -0.397. The first kappa shape index (κ1) is 23.1. The van der Waals surface area contributed by atoms with Crippen LogP contribution in [0.5, 0.6) is 5.75 Å². The monoisotopic (exact) mass is 462 g/mol. The number of nitrogens with zero attached hydrogens (tertiary/aromatic N) is 1. The number of nitrogens with one attached hydrogen (secondary N) is 1. The summed E-state index contributed by atoms with van der Waals surface area (Å²) in [7, 11) is 1.52. The zero-order valence-corrected chi connectivity index (χ0v) is 19.1. The topological polar surface area (TPSA) is 67.9 Å². The molecule has 1 heterocycles. The summed E-state index contributed by atoms with van der Waals surface area (Å²) >= 11 is 12.2. The summed E-state index contributed by atoms with van der Waals surface area (Å²) in [5, 5.41) is 4.01. The molecule has 164 valence electrons. The number of anilines is 1. The van der Waals surface area contributed by atoms with Gasteiger partial charge in [0.05, 0.1) is 23.8 Å². The summed E-state index contributed by atoms with van der Waals surface area (Å²) in [6.45, 7) is 4.60. The Morgan fingerprint density at radius 2 is 1.74 bits per heavy atom. The number of hydrogen-bond donors (Lipinski definition) is 1. The Hall–Kier alpha value is -2.54. The van der Waals surface area contributed by atoms with Crippen LogP contribution in [0, 0.1) is 0 Å². The van der Waals surface area contributed by atoms with Gasteiger partial charge >= 0.3 is 0 Å². The number of rotatable bonds is 9. The highest BCUT2D eigenvalue weighted by Gasteiger charge is 2.38. The molecule has 0 aliphatic carbocycles. The molecule has 6 nitrogen and oxygen atoms in total. The molecule has 31 heavy (non-hydrogen) atoms. The summed E-state index contributed by atoms with van der Waals surface area (Å²) in [5.74, 6) is -0.245. The van der Waals surface area contributed by atoms with Gasteiger partial charge in [-0.15, -0.1) is 0 Å². The number of carbonyl (C=O) groups excluding carboxylic acids is 2. The molecule has 0 saturated carbocycles. The quantitative estimate of drug-likeness (QED) is 0.418. The molecule has 0 aromatic heterocycles. The van der Waals surface area contributed by atoms with Crippen LogP contribution in [-0.2, 0) is 14.3 Å². The van der Waals surface area contributed by atoms with Crippen LogP contribution in [0.2, 0.25) is 10.0 Å². The highest BCUT2D eigenvalue weighted by Crippen LogP contribution is 2.33. The van der Waals surface area contributed by atoms with E-state index in [0.29, 0.717) is 45.6 Å². The largest absolute Gasteiger partial charge is 0.495 e. The molecule has 0 unspecified atom stereocenters. The Kier molecular flexibility index (Phi) is 7.59. The van der Waals surface area contributed by atoms with Gasteiger partial charge in [-0.1, -0.05) is 35.3 Å². The number of ether oxygens (including phenoxy) is 2. The molecular weight excluding hydrogens is 439 g/mol. The Bertz CT molecular complexity index is 1000. The maximum atomic E-state index is 13.2. The number of hydrogen-bond acceptors (Lipinski definition) is 5. The van der Waals surface area contributed by atoms with E-state index in [1.54, 1.807) is 42.5 Å². The first-order valence-corrected chi connectivity index (χ1v) is 10.7. The molecule has 0 spiro atoms. The van der Waals surface area contributed by atoms with E-state index in [9.17, 15) is 9.59 Å². The number of amides is 2. The van der Waals surface area contributed by atoms with E-state index in [1.165, 1.54) is 12.0 Å². The van der Waals surface area contributed by atoms with Crippen molar-refractivity contribution < 1.29 is 19.1 Å². The standard InChI is InChI=1S/C23H24Cl2N2O4/c1-14(2)31-12-4-11-27-22(28)20(15-5-7-16(24)8-6-15)21(23(27)29)26-17-9-10-19(30-3)18(25)13-17/h5-10,13-14,26H,4,11-12H2,1-3H3. The van der Waals surface area contributed by atoms with Crippen LogP contribution in [0.3, 0.4) is 0 Å². The molecule has 1 aliphatic heterocycles. The van der Waals surface area contributed by atoms with E-state index in [1.807, 2.05) is 13.8 Å². The minimum absolute atomic E-state index is 0.0878. The highest BCUT2D eigenvalue weighted by atomic mass is 35.5. The molecule has 1 N–H and O–H groups in total. The van der Waals surface area contributed by atoms with Gasteiger partial charge in [-0.3, -0.25) is 14.5 Å². The van der Waals surface area contributed by atoms with Crippen LogP contribution >= 0.6 is 23.2 Å². The fraction of sp³-hybridized carbons (Fsp3) is 0.304. The van der Waals surface area contributed by atoms with Crippen LogP contribution in [0.4, 0.5) is 5.69 Å². The highest BCUT2D eigenvalue weighted by molar-refractivity contribution is 6.37. The van der Waals surface area contributed by atoms with E-state index in [0.717, 1.165) is 0 Å². The zero-order chi connectivity index (χ0) is 22.5. The molecule has 0 atom stereocenters. The van der Waals surface area contributed by atoms with Gasteiger partial charge in [-0.2, -0.15) is 0 Å². The molecule has 0 saturated heterocycles. The average molecular weight is 463 g/mol. The Balaban J connectivity index is 1.91. The van der Waals surface area contributed by atoms with Crippen LogP contribution in [-0.4, -0.2) is 43.1 Å². The lowest BCUT2D eigenvalue weighted by Crippen LogP contribution is -2.34. The molecule has 2 aromatic rings. The van der Waals surface area contributed by atoms with Gasteiger partial charge in [0.2, 0.25) is 0 Å². The third-order valence-electron chi connectivity index (χ3n) is 4.70. The molecular formula is C23H24Cl2N2O4. The number of halogens is 2. The molecule has 0 fully saturated rings. The second-order valence-corrected chi connectivity index (χ2v) is 8.11. The number of carbonyl (C=O) groups is 2. The number of imide groups is 1. The molecule has 0 bridgehead atoms. The molecule has 2 amide bonds. The van der Waals surface area contributed by atoms with Crippen molar-refractivity contribution in [2.24, 2.45) is 0 Å². The second kappa shape index (κ2) is 10.2. The zero-order valence-electron chi connectivity index (χ0n) is 17.6. The van der Waals surface area contributed by atoms with Crippen LogP contribution in [0.15, 0.2) is 48.2 Å². The normalized spacial score (nSPS) is 14.1. The van der Waals surface area contributed by atoms with Crippen molar-refractivity contribution in [2.45, 2.75) is 26.4 Å². The van der Waals surface area contributed by atoms with Gasteiger partial charge in [-0.25, -0.2) is 0 Å². The van der Waals surface area contributed by atoms with Crippen molar-refractivity contribution >= 4 is 46.3 Å². The molecule has 3 rings (SSSR count). The first-order chi connectivity index (χ1) is 14.8. The Labute approximate surface area is 191 Å². The molecule has 1 aliphatic rings. The van der Waals surface area contributed by atoms with Crippen molar-refractivity contribution in [3.05, 3.63) is 63.8 Å². The summed E-state index contributed by atoms with van der Waals surface area (Å²) in [6.07, 6.45) is 0.635. The van der Waals surface area contributed by atoms with Crippen LogP contribution in [0.1, 0.15) is 25.8 Å². The maximum Gasteiger partial charge on any atom is 0.278 e. The van der Waals surface area contributed by atoms with E-state index in [4.69, 9.17) is 32.7 Å². The van der Waals surface area contributed by atoms with E-state index < -0.39 is 5.91 Å². The fourth-order valence-electron chi connectivity index (χ4n) is 3.21. The minimum Gasteiger partial charge on any atom is -0.495 e. The predicted octanol–water partition coefficient (Wildman–Crippen LogP) is 5.01. The molecule has 2 aromatic carbocycles. The fourth-order valence-corrected chi connectivity index (χ4v) is 3.59. The third kappa shape index (κ3) is 5.39. The van der Waals surface area contributed by atoms with Crippen molar-refractivity contribution in [2.75, 3.05) is 25.6 Å². The molecule has 8 heteroatoms. The van der Waals surface area contributed by atoms with Gasteiger partial charge in [0, 0.05) is 23.9 Å². The summed E-state index contributed by atoms with van der Waals surface area (Å²) < 4.78 is 10.7. The Morgan fingerprint density at radius 1 is 1.03 bits per heavy atom. The average Bonchev–Trinajstić information content (AvgIpc) is 2.96. The van der Waals surface area contributed by atoms with Crippen molar-refractivity contribution in [1.82, 2.24) is 4.90 Å². The summed E-state index contributed by atoms with van der Waals surface area (Å²) in [4.78, 5) is 27.6.